The Hall–Kier alpha value is -0.0800. The summed E-state index contributed by atoms with van der Waals surface area (Å²) >= 11 is 0. The minimum absolute atomic E-state index is 0.214. The molecule has 1 fully saturated rings. The molecule has 0 radical (unpaired) electrons. The zero-order chi connectivity index (χ0) is 11.6. The van der Waals surface area contributed by atoms with Crippen molar-refractivity contribution in [1.29, 1.82) is 0 Å². The van der Waals surface area contributed by atoms with Crippen LogP contribution < -0.4 is 5.73 Å². The zero-order valence-corrected chi connectivity index (χ0v) is 10.9. The third-order valence-corrected chi connectivity index (χ3v) is 4.01. The van der Waals surface area contributed by atoms with E-state index in [2.05, 4.69) is 34.6 Å². The second kappa shape index (κ2) is 4.84. The molecule has 0 saturated heterocycles. The Balaban J connectivity index is 2.40. The molecule has 2 nitrogen and oxygen atoms in total. The number of hydrogen-bond acceptors (Lipinski definition) is 2. The molecule has 1 aliphatic rings. The van der Waals surface area contributed by atoms with Crippen molar-refractivity contribution in [3.8, 4) is 0 Å². The minimum Gasteiger partial charge on any atom is -0.375 e. The van der Waals surface area contributed by atoms with Crippen molar-refractivity contribution >= 4 is 0 Å². The van der Waals surface area contributed by atoms with Gasteiger partial charge < -0.3 is 10.5 Å². The average Bonchev–Trinajstić information content (AvgIpc) is 2.14. The highest BCUT2D eigenvalue weighted by molar-refractivity contribution is 5.03. The van der Waals surface area contributed by atoms with Crippen LogP contribution in [0.4, 0.5) is 0 Å². The summed E-state index contributed by atoms with van der Waals surface area (Å²) < 4.78 is 6.09. The Morgan fingerprint density at radius 1 is 1.40 bits per heavy atom. The third-order valence-electron chi connectivity index (χ3n) is 4.01. The smallest absolute Gasteiger partial charge is 0.0661 e. The molecule has 0 amide bonds. The molecule has 0 heterocycles. The normalized spacial score (nSPS) is 37.8. The molecule has 0 aromatic carbocycles. The van der Waals surface area contributed by atoms with Crippen LogP contribution in [-0.2, 0) is 4.74 Å². The van der Waals surface area contributed by atoms with E-state index in [4.69, 9.17) is 10.5 Å². The van der Waals surface area contributed by atoms with Crippen LogP contribution in [0.1, 0.15) is 53.9 Å². The van der Waals surface area contributed by atoms with Crippen molar-refractivity contribution < 1.29 is 4.74 Å². The fourth-order valence-corrected chi connectivity index (χ4v) is 2.55. The standard InChI is InChI=1S/C13H27NO/c1-6-13(5)11(14)8-12(13)15-10(4)7-9(2)3/h9-12H,6-8,14H2,1-5H3. The molecule has 2 heteroatoms. The van der Waals surface area contributed by atoms with Crippen LogP contribution in [0.3, 0.4) is 0 Å². The van der Waals surface area contributed by atoms with E-state index >= 15 is 0 Å². The molecule has 4 unspecified atom stereocenters. The first-order chi connectivity index (χ1) is 6.90. The van der Waals surface area contributed by atoms with E-state index in [9.17, 15) is 0 Å². The predicted octanol–water partition coefficient (Wildman–Crippen LogP) is 2.95. The van der Waals surface area contributed by atoms with Gasteiger partial charge in [-0.15, -0.1) is 0 Å². The number of ether oxygens (including phenoxy) is 1. The molecule has 2 N–H and O–H groups in total. The molecule has 0 aromatic heterocycles. The molecule has 1 rings (SSSR count). The second-order valence-electron chi connectivity index (χ2n) is 5.77. The van der Waals surface area contributed by atoms with Crippen LogP contribution in [0, 0.1) is 11.3 Å². The molecule has 0 aliphatic heterocycles. The van der Waals surface area contributed by atoms with E-state index in [1.54, 1.807) is 0 Å². The Bertz CT molecular complexity index is 205. The van der Waals surface area contributed by atoms with E-state index in [0.29, 0.717) is 24.2 Å². The molecular weight excluding hydrogens is 186 g/mol. The van der Waals surface area contributed by atoms with Crippen LogP contribution in [0.15, 0.2) is 0 Å². The summed E-state index contributed by atoms with van der Waals surface area (Å²) in [5, 5.41) is 0. The van der Waals surface area contributed by atoms with Crippen LogP contribution in [0.25, 0.3) is 0 Å². The van der Waals surface area contributed by atoms with Crippen molar-refractivity contribution in [2.75, 3.05) is 0 Å². The zero-order valence-electron chi connectivity index (χ0n) is 10.9. The lowest BCUT2D eigenvalue weighted by atomic mass is 9.62. The van der Waals surface area contributed by atoms with E-state index in [-0.39, 0.29) is 5.41 Å². The lowest BCUT2D eigenvalue weighted by Gasteiger charge is -2.52. The van der Waals surface area contributed by atoms with Gasteiger partial charge in [-0.1, -0.05) is 27.7 Å². The molecule has 1 saturated carbocycles. The van der Waals surface area contributed by atoms with Crippen molar-refractivity contribution in [1.82, 2.24) is 0 Å². The topological polar surface area (TPSA) is 35.2 Å². The van der Waals surface area contributed by atoms with Crippen LogP contribution in [-0.4, -0.2) is 18.2 Å². The van der Waals surface area contributed by atoms with Crippen molar-refractivity contribution in [2.24, 2.45) is 17.1 Å². The van der Waals surface area contributed by atoms with E-state index in [0.717, 1.165) is 19.3 Å². The monoisotopic (exact) mass is 213 g/mol. The van der Waals surface area contributed by atoms with Crippen molar-refractivity contribution in [3.05, 3.63) is 0 Å². The fraction of sp³-hybridized carbons (Fsp3) is 1.00. The highest BCUT2D eigenvalue weighted by Crippen LogP contribution is 2.45. The molecule has 1 aliphatic carbocycles. The molecule has 0 spiro atoms. The lowest BCUT2D eigenvalue weighted by molar-refractivity contribution is -0.147. The van der Waals surface area contributed by atoms with Gasteiger partial charge in [0.05, 0.1) is 12.2 Å². The van der Waals surface area contributed by atoms with Gasteiger partial charge in [0.1, 0.15) is 0 Å². The van der Waals surface area contributed by atoms with Crippen LogP contribution in [0.2, 0.25) is 0 Å². The van der Waals surface area contributed by atoms with E-state index in [1.165, 1.54) is 0 Å². The molecule has 0 bridgehead atoms. The number of nitrogens with two attached hydrogens (primary N) is 1. The summed E-state index contributed by atoms with van der Waals surface area (Å²) in [6.45, 7) is 11.1. The third kappa shape index (κ3) is 2.73. The summed E-state index contributed by atoms with van der Waals surface area (Å²) in [6.07, 6.45) is 4.05. The van der Waals surface area contributed by atoms with Gasteiger partial charge in [-0.25, -0.2) is 0 Å². The van der Waals surface area contributed by atoms with Gasteiger partial charge in [-0.2, -0.15) is 0 Å². The lowest BCUT2D eigenvalue weighted by Crippen LogP contribution is -2.61. The van der Waals surface area contributed by atoms with Gasteiger partial charge in [0.2, 0.25) is 0 Å². The largest absolute Gasteiger partial charge is 0.375 e. The second-order valence-corrected chi connectivity index (χ2v) is 5.77. The Morgan fingerprint density at radius 3 is 2.40 bits per heavy atom. The summed E-state index contributed by atoms with van der Waals surface area (Å²) in [5.41, 5.74) is 6.27. The van der Waals surface area contributed by atoms with Crippen LogP contribution >= 0.6 is 0 Å². The SMILES string of the molecule is CCC1(C)C(N)CC1OC(C)CC(C)C. The average molecular weight is 213 g/mol. The Kier molecular flexibility index (Phi) is 4.19. The maximum atomic E-state index is 6.09. The number of rotatable bonds is 5. The van der Waals surface area contributed by atoms with Gasteiger partial charge in [0.25, 0.3) is 0 Å². The summed E-state index contributed by atoms with van der Waals surface area (Å²) in [7, 11) is 0. The van der Waals surface area contributed by atoms with Crippen molar-refractivity contribution in [2.45, 2.75) is 72.1 Å². The molecule has 90 valence electrons. The summed E-state index contributed by atoms with van der Waals surface area (Å²) in [6, 6.07) is 0.332. The fourth-order valence-electron chi connectivity index (χ4n) is 2.55. The highest BCUT2D eigenvalue weighted by atomic mass is 16.5. The molecule has 0 aromatic rings. The van der Waals surface area contributed by atoms with Gasteiger partial charge >= 0.3 is 0 Å². The maximum absolute atomic E-state index is 6.09. The first-order valence-electron chi connectivity index (χ1n) is 6.31. The van der Waals surface area contributed by atoms with Gasteiger partial charge in [-0.3, -0.25) is 0 Å². The highest BCUT2D eigenvalue weighted by Gasteiger charge is 2.49. The minimum atomic E-state index is 0.214. The quantitative estimate of drug-likeness (QED) is 0.762. The van der Waals surface area contributed by atoms with E-state index in [1.807, 2.05) is 0 Å². The van der Waals surface area contributed by atoms with Crippen LogP contribution in [0.5, 0.6) is 0 Å². The predicted molar refractivity (Wildman–Crippen MR) is 64.8 cm³/mol. The first-order valence-corrected chi connectivity index (χ1v) is 6.31. The van der Waals surface area contributed by atoms with Gasteiger partial charge in [-0.05, 0) is 32.1 Å². The summed E-state index contributed by atoms with van der Waals surface area (Å²) in [5.74, 6) is 0.710. The molecule has 15 heavy (non-hydrogen) atoms. The van der Waals surface area contributed by atoms with Gasteiger partial charge in [0.15, 0.2) is 0 Å². The number of hydrogen-bond donors (Lipinski definition) is 1. The maximum Gasteiger partial charge on any atom is 0.0661 e. The molecular formula is C13H27NO. The Morgan fingerprint density at radius 2 is 2.00 bits per heavy atom. The summed E-state index contributed by atoms with van der Waals surface area (Å²) in [4.78, 5) is 0. The first kappa shape index (κ1) is 13.0. The van der Waals surface area contributed by atoms with Crippen molar-refractivity contribution in [3.63, 3.8) is 0 Å². The Labute approximate surface area is 94.6 Å². The van der Waals surface area contributed by atoms with Gasteiger partial charge in [0, 0.05) is 11.5 Å². The molecule has 4 atom stereocenters. The van der Waals surface area contributed by atoms with E-state index < -0.39 is 0 Å².